The smallest absolute Gasteiger partial charge is 0.336 e. The highest BCUT2D eigenvalue weighted by Gasteiger charge is 2.30. The van der Waals surface area contributed by atoms with E-state index in [-0.39, 0.29) is 5.56 Å². The van der Waals surface area contributed by atoms with Gasteiger partial charge in [0, 0.05) is 18.6 Å². The molecule has 19 heavy (non-hydrogen) atoms. The highest BCUT2D eigenvalue weighted by molar-refractivity contribution is 5.89. The fourth-order valence-electron chi connectivity index (χ4n) is 2.93. The molecule has 0 spiro atoms. The molecule has 1 aliphatic heterocycles. The van der Waals surface area contributed by atoms with Crippen LogP contribution >= 0.6 is 0 Å². The zero-order chi connectivity index (χ0) is 14.0. The summed E-state index contributed by atoms with van der Waals surface area (Å²) in [5.41, 5.74) is 0.773. The van der Waals surface area contributed by atoms with Gasteiger partial charge in [-0.1, -0.05) is 13.0 Å². The first-order valence-corrected chi connectivity index (χ1v) is 6.80. The number of carbonyl (C=O) groups is 1. The molecular formula is C15H20FNO2. The Morgan fingerprint density at radius 1 is 1.47 bits per heavy atom. The van der Waals surface area contributed by atoms with E-state index in [1.54, 1.807) is 6.07 Å². The van der Waals surface area contributed by atoms with Crippen molar-refractivity contribution in [3.63, 3.8) is 0 Å². The molecule has 1 N–H and O–H groups in total. The minimum atomic E-state index is -1.06. The van der Waals surface area contributed by atoms with E-state index in [4.69, 9.17) is 5.11 Å². The second-order valence-electron chi connectivity index (χ2n) is 5.27. The van der Waals surface area contributed by atoms with Crippen LogP contribution < -0.4 is 0 Å². The number of hydrogen-bond acceptors (Lipinski definition) is 2. The van der Waals surface area contributed by atoms with Gasteiger partial charge in [0.05, 0.1) is 5.56 Å². The standard InChI is InChI=1S/C15H20FNO2/c1-3-13-7-4-10(2)17(13)9-11-5-6-12(16)8-14(11)15(18)19/h5-6,8,10,13H,3-4,7,9H2,1-2H3,(H,18,19). The average Bonchev–Trinajstić information content (AvgIpc) is 2.72. The Bertz CT molecular complexity index is 475. The molecule has 0 aromatic heterocycles. The monoisotopic (exact) mass is 265 g/mol. The highest BCUT2D eigenvalue weighted by Crippen LogP contribution is 2.28. The topological polar surface area (TPSA) is 40.5 Å². The molecule has 0 aliphatic carbocycles. The van der Waals surface area contributed by atoms with Crippen LogP contribution in [0.2, 0.25) is 0 Å². The summed E-state index contributed by atoms with van der Waals surface area (Å²) in [5, 5.41) is 9.17. The van der Waals surface area contributed by atoms with Crippen LogP contribution in [0, 0.1) is 5.82 Å². The second-order valence-corrected chi connectivity index (χ2v) is 5.27. The summed E-state index contributed by atoms with van der Waals surface area (Å²) in [6.07, 6.45) is 3.36. The van der Waals surface area contributed by atoms with Crippen LogP contribution in [0.15, 0.2) is 18.2 Å². The van der Waals surface area contributed by atoms with Gasteiger partial charge in [0.25, 0.3) is 0 Å². The van der Waals surface area contributed by atoms with E-state index in [1.165, 1.54) is 6.07 Å². The van der Waals surface area contributed by atoms with Crippen molar-refractivity contribution >= 4 is 5.97 Å². The largest absolute Gasteiger partial charge is 0.478 e. The number of hydrogen-bond donors (Lipinski definition) is 1. The van der Waals surface area contributed by atoms with Crippen molar-refractivity contribution in [2.24, 2.45) is 0 Å². The highest BCUT2D eigenvalue weighted by atomic mass is 19.1. The second kappa shape index (κ2) is 5.70. The van der Waals surface area contributed by atoms with Gasteiger partial charge in [-0.3, -0.25) is 4.90 Å². The van der Waals surface area contributed by atoms with Gasteiger partial charge >= 0.3 is 5.97 Å². The lowest BCUT2D eigenvalue weighted by molar-refractivity contribution is 0.0692. The van der Waals surface area contributed by atoms with E-state index in [1.807, 2.05) is 0 Å². The van der Waals surface area contributed by atoms with Crippen LogP contribution in [0.3, 0.4) is 0 Å². The minimum Gasteiger partial charge on any atom is -0.478 e. The Hall–Kier alpha value is -1.42. The van der Waals surface area contributed by atoms with E-state index in [0.29, 0.717) is 24.2 Å². The van der Waals surface area contributed by atoms with E-state index in [0.717, 1.165) is 25.3 Å². The number of carboxylic acid groups (broad SMARTS) is 1. The van der Waals surface area contributed by atoms with E-state index in [2.05, 4.69) is 18.7 Å². The summed E-state index contributed by atoms with van der Waals surface area (Å²) in [6.45, 7) is 4.90. The first kappa shape index (κ1) is 14.0. The van der Waals surface area contributed by atoms with Crippen LogP contribution in [0.25, 0.3) is 0 Å². The molecule has 0 saturated carbocycles. The maximum Gasteiger partial charge on any atom is 0.336 e. The number of halogens is 1. The van der Waals surface area contributed by atoms with E-state index >= 15 is 0 Å². The summed E-state index contributed by atoms with van der Waals surface area (Å²) in [4.78, 5) is 13.5. The first-order valence-electron chi connectivity index (χ1n) is 6.80. The minimum absolute atomic E-state index is 0.0777. The summed E-state index contributed by atoms with van der Waals surface area (Å²) >= 11 is 0. The lowest BCUT2D eigenvalue weighted by Crippen LogP contribution is -2.34. The Morgan fingerprint density at radius 3 is 2.84 bits per heavy atom. The first-order chi connectivity index (χ1) is 9.02. The molecule has 4 heteroatoms. The number of rotatable bonds is 4. The van der Waals surface area contributed by atoms with Crippen molar-refractivity contribution in [3.05, 3.63) is 35.1 Å². The molecule has 1 heterocycles. The molecule has 1 aromatic rings. The molecule has 2 atom stereocenters. The van der Waals surface area contributed by atoms with Gasteiger partial charge < -0.3 is 5.11 Å². The fraction of sp³-hybridized carbons (Fsp3) is 0.533. The summed E-state index contributed by atoms with van der Waals surface area (Å²) in [6, 6.07) is 5.00. The lowest BCUT2D eigenvalue weighted by Gasteiger charge is -2.28. The average molecular weight is 265 g/mol. The molecule has 0 bridgehead atoms. The third-order valence-corrected chi connectivity index (χ3v) is 4.08. The van der Waals surface area contributed by atoms with Crippen LogP contribution in [0.4, 0.5) is 4.39 Å². The molecule has 0 radical (unpaired) electrons. The van der Waals surface area contributed by atoms with Gasteiger partial charge in [0.15, 0.2) is 0 Å². The van der Waals surface area contributed by atoms with Crippen molar-refractivity contribution < 1.29 is 14.3 Å². The Labute approximate surface area is 113 Å². The van der Waals surface area contributed by atoms with Gasteiger partial charge in [-0.25, -0.2) is 9.18 Å². The van der Waals surface area contributed by atoms with E-state index in [9.17, 15) is 9.18 Å². The number of benzene rings is 1. The van der Waals surface area contributed by atoms with Crippen LogP contribution in [-0.4, -0.2) is 28.1 Å². The van der Waals surface area contributed by atoms with Crippen molar-refractivity contribution in [2.75, 3.05) is 0 Å². The zero-order valence-electron chi connectivity index (χ0n) is 11.4. The number of likely N-dealkylation sites (tertiary alicyclic amines) is 1. The van der Waals surface area contributed by atoms with Crippen LogP contribution in [0.1, 0.15) is 49.0 Å². The van der Waals surface area contributed by atoms with Gasteiger partial charge in [0.2, 0.25) is 0 Å². The maximum atomic E-state index is 13.2. The number of aromatic carboxylic acids is 1. The molecule has 0 amide bonds. The van der Waals surface area contributed by atoms with Crippen LogP contribution in [-0.2, 0) is 6.54 Å². The summed E-state index contributed by atoms with van der Waals surface area (Å²) in [5.74, 6) is -1.56. The van der Waals surface area contributed by atoms with Crippen molar-refractivity contribution in [2.45, 2.75) is 51.7 Å². The Balaban J connectivity index is 2.25. The fourth-order valence-corrected chi connectivity index (χ4v) is 2.93. The molecule has 104 valence electrons. The van der Waals surface area contributed by atoms with Gasteiger partial charge in [-0.2, -0.15) is 0 Å². The summed E-state index contributed by atoms with van der Waals surface area (Å²) in [7, 11) is 0. The zero-order valence-corrected chi connectivity index (χ0v) is 11.4. The van der Waals surface area contributed by atoms with Gasteiger partial charge in [-0.05, 0) is 43.9 Å². The molecule has 1 fully saturated rings. The molecule has 1 aliphatic rings. The quantitative estimate of drug-likeness (QED) is 0.908. The third kappa shape index (κ3) is 2.95. The SMILES string of the molecule is CCC1CCC(C)N1Cc1ccc(F)cc1C(=O)O. The Kier molecular flexibility index (Phi) is 4.20. The number of carboxylic acids is 1. The molecule has 1 aromatic carbocycles. The van der Waals surface area contributed by atoms with Crippen molar-refractivity contribution in [1.29, 1.82) is 0 Å². The predicted molar refractivity (Wildman–Crippen MR) is 71.7 cm³/mol. The van der Waals surface area contributed by atoms with E-state index < -0.39 is 11.8 Å². The van der Waals surface area contributed by atoms with Gasteiger partial charge in [0.1, 0.15) is 5.82 Å². The van der Waals surface area contributed by atoms with Crippen molar-refractivity contribution in [1.82, 2.24) is 4.90 Å². The molecule has 2 unspecified atom stereocenters. The lowest BCUT2D eigenvalue weighted by atomic mass is 10.1. The maximum absolute atomic E-state index is 13.2. The molecule has 2 rings (SSSR count). The number of nitrogens with zero attached hydrogens (tertiary/aromatic N) is 1. The van der Waals surface area contributed by atoms with Gasteiger partial charge in [-0.15, -0.1) is 0 Å². The normalized spacial score (nSPS) is 23.7. The third-order valence-electron chi connectivity index (χ3n) is 4.08. The molecular weight excluding hydrogens is 245 g/mol. The summed E-state index contributed by atoms with van der Waals surface area (Å²) < 4.78 is 13.2. The van der Waals surface area contributed by atoms with Crippen molar-refractivity contribution in [3.8, 4) is 0 Å². The Morgan fingerprint density at radius 2 is 2.21 bits per heavy atom. The predicted octanol–water partition coefficient (Wildman–Crippen LogP) is 3.29. The van der Waals surface area contributed by atoms with Crippen LogP contribution in [0.5, 0.6) is 0 Å². The molecule has 3 nitrogen and oxygen atoms in total. The molecule has 1 saturated heterocycles.